The number of nitrogens with zero attached hydrogens (tertiary/aromatic N) is 3. The summed E-state index contributed by atoms with van der Waals surface area (Å²) in [6.07, 6.45) is 1.06. The molecule has 1 saturated heterocycles. The van der Waals surface area contributed by atoms with Gasteiger partial charge in [0.2, 0.25) is 11.7 Å². The first-order valence-electron chi connectivity index (χ1n) is 12.0. The molecule has 35 heavy (non-hydrogen) atoms. The minimum Gasteiger partial charge on any atom is -0.370 e. The fourth-order valence-electron chi connectivity index (χ4n) is 4.53. The first-order valence-corrected chi connectivity index (χ1v) is 12.0. The monoisotopic (exact) mass is 485 g/mol. The van der Waals surface area contributed by atoms with Gasteiger partial charge in [0.15, 0.2) is 5.96 Å². The minimum atomic E-state index is -4.50. The lowest BCUT2D eigenvalue weighted by atomic mass is 9.96. The number of hydrogen-bond acceptors (Lipinski definition) is 4. The van der Waals surface area contributed by atoms with Gasteiger partial charge in [0, 0.05) is 12.1 Å². The summed E-state index contributed by atoms with van der Waals surface area (Å²) in [4.78, 5) is 5.98. The molecule has 1 aromatic heterocycles. The Hall–Kier alpha value is -3.36. The van der Waals surface area contributed by atoms with Crippen LogP contribution in [-0.2, 0) is 25.4 Å². The number of hydrogen-bond donors (Lipinski definition) is 2. The molecule has 186 valence electrons. The molecule has 4 rings (SSSR count). The second-order valence-corrected chi connectivity index (χ2v) is 8.98. The van der Waals surface area contributed by atoms with Crippen LogP contribution in [0.15, 0.2) is 47.0 Å². The van der Waals surface area contributed by atoms with E-state index in [4.69, 9.17) is 15.7 Å². The van der Waals surface area contributed by atoms with Crippen LogP contribution in [0.1, 0.15) is 66.8 Å². The highest BCUT2D eigenvalue weighted by Gasteiger charge is 2.35. The lowest BCUT2D eigenvalue weighted by Crippen LogP contribution is -2.35. The van der Waals surface area contributed by atoms with Crippen molar-refractivity contribution in [3.63, 3.8) is 0 Å². The first kappa shape index (κ1) is 24.8. The Bertz CT molecular complexity index is 1160. The summed E-state index contributed by atoms with van der Waals surface area (Å²) in [6, 6.07) is 12.0. The van der Waals surface area contributed by atoms with Gasteiger partial charge in [-0.25, -0.2) is 0 Å². The summed E-state index contributed by atoms with van der Waals surface area (Å²) in [5.41, 5.74) is 7.67. The van der Waals surface area contributed by atoms with Crippen molar-refractivity contribution in [2.45, 2.75) is 64.1 Å². The highest BCUT2D eigenvalue weighted by molar-refractivity contribution is 5.75. The number of halogens is 3. The lowest BCUT2D eigenvalue weighted by Gasteiger charge is -2.21. The van der Waals surface area contributed by atoms with Gasteiger partial charge >= 0.3 is 6.18 Å². The third-order valence-corrected chi connectivity index (χ3v) is 6.49. The number of unbranched alkanes of at least 4 members (excludes halogenated alkanes) is 1. The smallest absolute Gasteiger partial charge is 0.370 e. The summed E-state index contributed by atoms with van der Waals surface area (Å²) < 4.78 is 47.1. The van der Waals surface area contributed by atoms with Crippen molar-refractivity contribution in [2.24, 2.45) is 5.73 Å². The van der Waals surface area contributed by atoms with E-state index in [2.05, 4.69) is 29.2 Å². The van der Waals surface area contributed by atoms with Gasteiger partial charge in [0.25, 0.3) is 0 Å². The first-order chi connectivity index (χ1) is 16.8. The predicted molar refractivity (Wildman–Crippen MR) is 128 cm³/mol. The molecule has 1 atom stereocenters. The van der Waals surface area contributed by atoms with Gasteiger partial charge in [0.1, 0.15) is 6.04 Å². The fourth-order valence-corrected chi connectivity index (χ4v) is 4.53. The van der Waals surface area contributed by atoms with Gasteiger partial charge in [-0.2, -0.15) is 18.2 Å². The van der Waals surface area contributed by atoms with Crippen LogP contribution in [-0.4, -0.2) is 27.5 Å². The number of aromatic nitrogens is 2. The van der Waals surface area contributed by atoms with E-state index >= 15 is 0 Å². The Balaban J connectivity index is 1.52. The van der Waals surface area contributed by atoms with Gasteiger partial charge in [-0.1, -0.05) is 54.9 Å². The molecule has 0 amide bonds. The third kappa shape index (κ3) is 5.83. The largest absolute Gasteiger partial charge is 0.416 e. The number of benzene rings is 2. The maximum atomic E-state index is 13.9. The van der Waals surface area contributed by atoms with Crippen LogP contribution >= 0.6 is 0 Å². The zero-order valence-corrected chi connectivity index (χ0v) is 19.7. The van der Waals surface area contributed by atoms with Crippen LogP contribution in [0.25, 0.3) is 11.4 Å². The molecular formula is C26H30F3N5O. The van der Waals surface area contributed by atoms with Gasteiger partial charge in [0.05, 0.1) is 5.56 Å². The average Bonchev–Trinajstić information content (AvgIpc) is 3.51. The van der Waals surface area contributed by atoms with E-state index < -0.39 is 11.7 Å². The lowest BCUT2D eigenvalue weighted by molar-refractivity contribution is -0.138. The molecular weight excluding hydrogens is 455 g/mol. The van der Waals surface area contributed by atoms with Crippen LogP contribution in [0.5, 0.6) is 0 Å². The molecule has 6 nitrogen and oxygen atoms in total. The van der Waals surface area contributed by atoms with Gasteiger partial charge in [-0.05, 0) is 61.3 Å². The Morgan fingerprint density at radius 3 is 2.49 bits per heavy atom. The molecule has 1 aliphatic heterocycles. The molecule has 0 saturated carbocycles. The van der Waals surface area contributed by atoms with Crippen molar-refractivity contribution in [1.29, 1.82) is 5.41 Å². The number of rotatable bonds is 8. The highest BCUT2D eigenvalue weighted by atomic mass is 19.4. The molecule has 1 fully saturated rings. The van der Waals surface area contributed by atoms with E-state index in [1.54, 1.807) is 11.0 Å². The van der Waals surface area contributed by atoms with Crippen LogP contribution in [0.4, 0.5) is 13.2 Å². The van der Waals surface area contributed by atoms with Crippen molar-refractivity contribution in [3.05, 3.63) is 70.6 Å². The Morgan fingerprint density at radius 2 is 1.83 bits per heavy atom. The molecule has 0 spiro atoms. The third-order valence-electron chi connectivity index (χ3n) is 6.49. The summed E-state index contributed by atoms with van der Waals surface area (Å²) >= 11 is 0. The SMILES string of the molecule is CCCCc1ccc(CCc2ccc(-c3noc([C@@H]4CCCN4C(=N)N)n3)cc2C(F)(F)F)cc1. The van der Waals surface area contributed by atoms with E-state index in [1.807, 2.05) is 12.1 Å². The number of alkyl halides is 3. The summed E-state index contributed by atoms with van der Waals surface area (Å²) in [5.74, 6) is 0.259. The zero-order valence-electron chi connectivity index (χ0n) is 19.7. The molecule has 3 aromatic rings. The fraction of sp³-hybridized carbons (Fsp3) is 0.423. The quantitative estimate of drug-likeness (QED) is 0.306. The molecule has 9 heteroatoms. The molecule has 2 aromatic carbocycles. The minimum absolute atomic E-state index is 0.0911. The highest BCUT2D eigenvalue weighted by Crippen LogP contribution is 2.36. The van der Waals surface area contributed by atoms with Crippen molar-refractivity contribution in [3.8, 4) is 11.4 Å². The zero-order chi connectivity index (χ0) is 25.0. The molecule has 0 unspecified atom stereocenters. The second kappa shape index (κ2) is 10.5. The number of aryl methyl sites for hydroxylation is 3. The molecule has 0 bridgehead atoms. The molecule has 3 N–H and O–H groups in total. The van der Waals surface area contributed by atoms with Crippen LogP contribution in [0.3, 0.4) is 0 Å². The molecule has 0 aliphatic carbocycles. The van der Waals surface area contributed by atoms with Crippen molar-refractivity contribution < 1.29 is 17.7 Å². The summed E-state index contributed by atoms with van der Waals surface area (Å²) in [6.45, 7) is 2.75. The van der Waals surface area contributed by atoms with E-state index in [-0.39, 0.29) is 41.3 Å². The van der Waals surface area contributed by atoms with E-state index in [0.29, 0.717) is 19.4 Å². The molecule has 1 aliphatic rings. The standard InChI is InChI=1S/C26H30F3N5O/c1-2-3-5-17-7-9-18(10-8-17)11-12-19-13-14-20(16-21(19)26(27,28)29)23-32-24(35-33-23)22-6-4-15-34(22)25(30)31/h7-10,13-14,16,22H,2-6,11-12,15H2,1H3,(H3,30,31)/t22-/m0/s1. The number of guanidine groups is 1. The van der Waals surface area contributed by atoms with Gasteiger partial charge in [-0.15, -0.1) is 0 Å². The van der Waals surface area contributed by atoms with Crippen molar-refractivity contribution in [2.75, 3.05) is 6.54 Å². The Kier molecular flexibility index (Phi) is 7.42. The van der Waals surface area contributed by atoms with Crippen LogP contribution < -0.4 is 5.73 Å². The molecule has 2 heterocycles. The average molecular weight is 486 g/mol. The maximum Gasteiger partial charge on any atom is 0.416 e. The van der Waals surface area contributed by atoms with E-state index in [9.17, 15) is 13.2 Å². The normalized spacial score (nSPS) is 16.1. The second-order valence-electron chi connectivity index (χ2n) is 8.98. The number of nitrogens with two attached hydrogens (primary N) is 1. The summed E-state index contributed by atoms with van der Waals surface area (Å²) in [5, 5.41) is 11.6. The van der Waals surface area contributed by atoms with Gasteiger partial charge < -0.3 is 15.2 Å². The van der Waals surface area contributed by atoms with E-state index in [0.717, 1.165) is 37.3 Å². The Morgan fingerprint density at radius 1 is 1.11 bits per heavy atom. The number of nitrogens with one attached hydrogen (secondary N) is 1. The maximum absolute atomic E-state index is 13.9. The van der Waals surface area contributed by atoms with Crippen molar-refractivity contribution >= 4 is 5.96 Å². The van der Waals surface area contributed by atoms with Crippen molar-refractivity contribution in [1.82, 2.24) is 15.0 Å². The Labute approximate surface area is 202 Å². The van der Waals surface area contributed by atoms with E-state index in [1.165, 1.54) is 11.6 Å². The van der Waals surface area contributed by atoms with Gasteiger partial charge in [-0.3, -0.25) is 5.41 Å². The molecule has 0 radical (unpaired) electrons. The van der Waals surface area contributed by atoms with Crippen LogP contribution in [0.2, 0.25) is 0 Å². The predicted octanol–water partition coefficient (Wildman–Crippen LogP) is 5.91. The number of likely N-dealkylation sites (tertiary alicyclic amines) is 1. The summed E-state index contributed by atoms with van der Waals surface area (Å²) in [7, 11) is 0. The van der Waals surface area contributed by atoms with Crippen LogP contribution in [0, 0.1) is 5.41 Å². The topological polar surface area (TPSA) is 92.0 Å².